The van der Waals surface area contributed by atoms with E-state index in [9.17, 15) is 4.79 Å². The van der Waals surface area contributed by atoms with Gasteiger partial charge in [0.25, 0.3) is 0 Å². The Labute approximate surface area is 141 Å². The highest BCUT2D eigenvalue weighted by Crippen LogP contribution is 2.33. The molecule has 1 aliphatic carbocycles. The van der Waals surface area contributed by atoms with Gasteiger partial charge in [-0.05, 0) is 36.5 Å². The molecule has 1 amide bonds. The van der Waals surface area contributed by atoms with Crippen molar-refractivity contribution >= 4 is 5.91 Å². The molecule has 1 fully saturated rings. The third-order valence-corrected chi connectivity index (χ3v) is 4.89. The average Bonchev–Trinajstić information content (AvgIpc) is 3.29. The monoisotopic (exact) mass is 328 g/mol. The summed E-state index contributed by atoms with van der Waals surface area (Å²) in [7, 11) is 0. The van der Waals surface area contributed by atoms with Gasteiger partial charge in [-0.25, -0.2) is 4.68 Å². The van der Waals surface area contributed by atoms with Gasteiger partial charge in [0.2, 0.25) is 5.91 Å². The van der Waals surface area contributed by atoms with Crippen molar-refractivity contribution in [2.45, 2.75) is 45.8 Å². The highest BCUT2D eigenvalue weighted by Gasteiger charge is 2.31. The van der Waals surface area contributed by atoms with E-state index in [2.05, 4.69) is 22.6 Å². The molecule has 24 heavy (non-hydrogen) atoms. The number of hydrogen-bond acceptors (Lipinski definition) is 4. The van der Waals surface area contributed by atoms with E-state index in [1.165, 1.54) is 12.8 Å². The van der Waals surface area contributed by atoms with Gasteiger partial charge in [-0.15, -0.1) is 5.10 Å². The summed E-state index contributed by atoms with van der Waals surface area (Å²) in [5.74, 6) is 0.911. The Balaban J connectivity index is 1.57. The zero-order valence-corrected chi connectivity index (χ0v) is 14.0. The molecule has 0 bridgehead atoms. The molecule has 1 aromatic heterocycles. The average molecular weight is 328 g/mol. The van der Waals surface area contributed by atoms with Crippen LogP contribution in [0.5, 0.6) is 0 Å². The number of nitrogens with zero attached hydrogens (tertiary/aromatic N) is 3. The van der Waals surface area contributed by atoms with Crippen molar-refractivity contribution in [2.24, 2.45) is 11.8 Å². The van der Waals surface area contributed by atoms with Gasteiger partial charge in [0, 0.05) is 12.5 Å². The second-order valence-corrected chi connectivity index (χ2v) is 6.40. The number of carbonyl (C=O) groups is 1. The highest BCUT2D eigenvalue weighted by atomic mass is 16.3. The summed E-state index contributed by atoms with van der Waals surface area (Å²) in [5, 5.41) is 19.9. The Morgan fingerprint density at radius 2 is 2.12 bits per heavy atom. The number of nitrogens with one attached hydrogen (secondary N) is 1. The maximum atomic E-state index is 12.4. The number of aromatic nitrogens is 3. The minimum absolute atomic E-state index is 0.121. The molecule has 2 unspecified atom stereocenters. The molecule has 1 saturated carbocycles. The van der Waals surface area contributed by atoms with E-state index >= 15 is 0 Å². The van der Waals surface area contributed by atoms with Crippen LogP contribution in [0.15, 0.2) is 30.5 Å². The predicted octanol–water partition coefficient (Wildman–Crippen LogP) is 2.20. The van der Waals surface area contributed by atoms with Crippen LogP contribution >= 0.6 is 0 Å². The van der Waals surface area contributed by atoms with E-state index in [0.717, 1.165) is 24.1 Å². The number of amides is 1. The Bertz CT molecular complexity index is 681. The normalized spacial score (nSPS) is 20.2. The number of aliphatic hydroxyl groups is 1. The minimum atomic E-state index is -0.121. The number of hydrogen-bond donors (Lipinski definition) is 2. The van der Waals surface area contributed by atoms with Gasteiger partial charge in [-0.3, -0.25) is 4.79 Å². The van der Waals surface area contributed by atoms with Crippen LogP contribution in [0.25, 0.3) is 5.69 Å². The van der Waals surface area contributed by atoms with Crippen LogP contribution in [0.3, 0.4) is 0 Å². The summed E-state index contributed by atoms with van der Waals surface area (Å²) < 4.78 is 1.62. The van der Waals surface area contributed by atoms with Gasteiger partial charge in [-0.1, -0.05) is 37.1 Å². The summed E-state index contributed by atoms with van der Waals surface area (Å²) in [6.07, 6.45) is 6.14. The van der Waals surface area contributed by atoms with Crippen molar-refractivity contribution < 1.29 is 9.90 Å². The quantitative estimate of drug-likeness (QED) is 0.852. The molecule has 2 aromatic rings. The van der Waals surface area contributed by atoms with E-state index in [4.69, 9.17) is 5.11 Å². The smallest absolute Gasteiger partial charge is 0.223 e. The van der Waals surface area contributed by atoms with Crippen LogP contribution in [-0.2, 0) is 17.9 Å². The first-order chi connectivity index (χ1) is 11.7. The fourth-order valence-corrected chi connectivity index (χ4v) is 3.45. The zero-order chi connectivity index (χ0) is 16.9. The number of rotatable bonds is 6. The Morgan fingerprint density at radius 1 is 1.33 bits per heavy atom. The molecule has 0 aliphatic heterocycles. The van der Waals surface area contributed by atoms with Crippen molar-refractivity contribution in [1.29, 1.82) is 0 Å². The number of aliphatic hydroxyl groups excluding tert-OH is 1. The van der Waals surface area contributed by atoms with Crippen LogP contribution in [0.4, 0.5) is 0 Å². The lowest BCUT2D eigenvalue weighted by Crippen LogP contribution is -2.32. The summed E-state index contributed by atoms with van der Waals surface area (Å²) in [4.78, 5) is 12.4. The van der Waals surface area contributed by atoms with Gasteiger partial charge in [0.15, 0.2) is 0 Å². The molecular formula is C18H24N4O2. The largest absolute Gasteiger partial charge is 0.390 e. The topological polar surface area (TPSA) is 80.0 Å². The first-order valence-corrected chi connectivity index (χ1v) is 8.60. The third kappa shape index (κ3) is 3.64. The van der Waals surface area contributed by atoms with Crippen molar-refractivity contribution in [1.82, 2.24) is 20.3 Å². The predicted molar refractivity (Wildman–Crippen MR) is 90.3 cm³/mol. The van der Waals surface area contributed by atoms with Gasteiger partial charge in [0.05, 0.1) is 18.5 Å². The van der Waals surface area contributed by atoms with E-state index in [1.54, 1.807) is 10.9 Å². The molecule has 2 N–H and O–H groups in total. The second kappa shape index (κ2) is 7.57. The SMILES string of the molecule is CCC1CCCC1C(=O)NCc1ccc(-n2cc(CO)nn2)cc1. The Hall–Kier alpha value is -2.21. The van der Waals surface area contributed by atoms with Gasteiger partial charge >= 0.3 is 0 Å². The Morgan fingerprint density at radius 3 is 2.79 bits per heavy atom. The molecule has 0 spiro atoms. The molecule has 1 aromatic carbocycles. The lowest BCUT2D eigenvalue weighted by atomic mass is 9.93. The second-order valence-electron chi connectivity index (χ2n) is 6.40. The molecule has 2 atom stereocenters. The van der Waals surface area contributed by atoms with Crippen molar-refractivity contribution in [3.05, 3.63) is 41.7 Å². The molecule has 1 aliphatic rings. The van der Waals surface area contributed by atoms with E-state index in [1.807, 2.05) is 24.3 Å². The lowest BCUT2D eigenvalue weighted by molar-refractivity contribution is -0.126. The first kappa shape index (κ1) is 16.6. The van der Waals surface area contributed by atoms with E-state index in [0.29, 0.717) is 18.2 Å². The fraction of sp³-hybridized carbons (Fsp3) is 0.500. The highest BCUT2D eigenvalue weighted by molar-refractivity contribution is 5.79. The summed E-state index contributed by atoms with van der Waals surface area (Å²) in [6.45, 7) is 2.59. The van der Waals surface area contributed by atoms with Gasteiger partial charge < -0.3 is 10.4 Å². The molecule has 3 rings (SSSR count). The molecule has 0 saturated heterocycles. The first-order valence-electron chi connectivity index (χ1n) is 8.60. The third-order valence-electron chi connectivity index (χ3n) is 4.89. The molecule has 1 heterocycles. The fourth-order valence-electron chi connectivity index (χ4n) is 3.45. The van der Waals surface area contributed by atoms with Crippen LogP contribution in [0.1, 0.15) is 43.9 Å². The molecule has 0 radical (unpaired) electrons. The van der Waals surface area contributed by atoms with Gasteiger partial charge in [-0.2, -0.15) is 0 Å². The molecular weight excluding hydrogens is 304 g/mol. The maximum absolute atomic E-state index is 12.4. The summed E-state index contributed by atoms with van der Waals surface area (Å²) in [5.41, 5.74) is 2.47. The number of benzene rings is 1. The summed E-state index contributed by atoms with van der Waals surface area (Å²) in [6, 6.07) is 7.81. The van der Waals surface area contributed by atoms with Crippen LogP contribution < -0.4 is 5.32 Å². The molecule has 128 valence electrons. The van der Waals surface area contributed by atoms with Crippen molar-refractivity contribution in [2.75, 3.05) is 0 Å². The lowest BCUT2D eigenvalue weighted by Gasteiger charge is -2.17. The zero-order valence-electron chi connectivity index (χ0n) is 14.0. The van der Waals surface area contributed by atoms with E-state index in [-0.39, 0.29) is 18.4 Å². The number of carbonyl (C=O) groups excluding carboxylic acids is 1. The van der Waals surface area contributed by atoms with Gasteiger partial charge in [0.1, 0.15) is 5.69 Å². The van der Waals surface area contributed by atoms with Crippen molar-refractivity contribution in [3.63, 3.8) is 0 Å². The minimum Gasteiger partial charge on any atom is -0.390 e. The van der Waals surface area contributed by atoms with Crippen LogP contribution in [0, 0.1) is 11.8 Å². The van der Waals surface area contributed by atoms with Crippen LogP contribution in [0.2, 0.25) is 0 Å². The van der Waals surface area contributed by atoms with Crippen LogP contribution in [-0.4, -0.2) is 26.0 Å². The van der Waals surface area contributed by atoms with Crippen molar-refractivity contribution in [3.8, 4) is 5.69 Å². The Kier molecular flexibility index (Phi) is 5.25. The van der Waals surface area contributed by atoms with E-state index < -0.39 is 0 Å². The molecule has 6 heteroatoms. The standard InChI is InChI=1S/C18H24N4O2/c1-2-14-4-3-5-17(14)18(24)19-10-13-6-8-16(9-7-13)22-11-15(12-23)20-21-22/h6-9,11,14,17,23H,2-5,10,12H2,1H3,(H,19,24). The molecule has 6 nitrogen and oxygen atoms in total. The summed E-state index contributed by atoms with van der Waals surface area (Å²) >= 11 is 0. The maximum Gasteiger partial charge on any atom is 0.223 e.